The van der Waals surface area contributed by atoms with Gasteiger partial charge in [0.1, 0.15) is 6.33 Å². The first kappa shape index (κ1) is 28.0. The topological polar surface area (TPSA) is 72.6 Å². The van der Waals surface area contributed by atoms with Crippen LogP contribution in [0, 0.1) is 0 Å². The fourth-order valence-corrected chi connectivity index (χ4v) is 4.29. The molecule has 1 N–H and O–H groups in total. The van der Waals surface area contributed by atoms with Gasteiger partial charge in [-0.15, -0.1) is 0 Å². The molecule has 1 aliphatic rings. The average Bonchev–Trinajstić information content (AvgIpc) is 3.30. The van der Waals surface area contributed by atoms with Crippen LogP contribution in [0.4, 0.5) is 26.3 Å². The summed E-state index contributed by atoms with van der Waals surface area (Å²) in [7, 11) is 0. The van der Waals surface area contributed by atoms with Crippen molar-refractivity contribution >= 4 is 0 Å². The molecule has 13 heteroatoms. The van der Waals surface area contributed by atoms with Gasteiger partial charge in [-0.25, -0.2) is 4.98 Å². The third kappa shape index (κ3) is 6.70. The molecule has 1 fully saturated rings. The summed E-state index contributed by atoms with van der Waals surface area (Å²) in [5.41, 5.74) is -2.32. The minimum atomic E-state index is -4.97. The molecule has 1 aromatic heterocycles. The van der Waals surface area contributed by atoms with Gasteiger partial charge in [-0.05, 0) is 36.2 Å². The first-order chi connectivity index (χ1) is 18.0. The SMILES string of the molecule is C[C@@H](O[C@H]1OCCN(Cc2ncn(CCO)n2)[C@H]1c1ccccc1)c1cc(C(F)(F)F)cc(C(F)(F)F)c1. The van der Waals surface area contributed by atoms with Crippen LogP contribution in [0.15, 0.2) is 54.9 Å². The number of aliphatic hydroxyl groups is 1. The van der Waals surface area contributed by atoms with Gasteiger partial charge in [0.25, 0.3) is 0 Å². The number of ether oxygens (including phenoxy) is 2. The summed E-state index contributed by atoms with van der Waals surface area (Å²) >= 11 is 0. The Hall–Kier alpha value is -3.00. The monoisotopic (exact) mass is 544 g/mol. The number of aromatic nitrogens is 3. The molecule has 0 bridgehead atoms. The van der Waals surface area contributed by atoms with E-state index in [0.717, 1.165) is 5.56 Å². The highest BCUT2D eigenvalue weighted by Crippen LogP contribution is 2.39. The Balaban J connectivity index is 1.62. The Kier molecular flexibility index (Phi) is 8.40. The maximum atomic E-state index is 13.4. The third-order valence-electron chi connectivity index (χ3n) is 6.13. The minimum absolute atomic E-state index is 0.0881. The highest BCUT2D eigenvalue weighted by molar-refractivity contribution is 5.34. The Bertz CT molecular complexity index is 1170. The van der Waals surface area contributed by atoms with Crippen molar-refractivity contribution in [2.24, 2.45) is 0 Å². The molecule has 1 aliphatic heterocycles. The number of alkyl halides is 6. The molecular weight excluding hydrogens is 518 g/mol. The fourth-order valence-electron chi connectivity index (χ4n) is 4.29. The van der Waals surface area contributed by atoms with E-state index in [-0.39, 0.29) is 37.9 Å². The number of hydrogen-bond donors (Lipinski definition) is 1. The molecular formula is C25H26F6N4O3. The van der Waals surface area contributed by atoms with Gasteiger partial charge in [-0.2, -0.15) is 31.4 Å². The summed E-state index contributed by atoms with van der Waals surface area (Å²) in [5, 5.41) is 13.5. The number of rotatable bonds is 8. The fraction of sp³-hybridized carbons (Fsp3) is 0.440. The van der Waals surface area contributed by atoms with Crippen LogP contribution in [0.5, 0.6) is 0 Å². The van der Waals surface area contributed by atoms with Crippen molar-refractivity contribution in [3.63, 3.8) is 0 Å². The van der Waals surface area contributed by atoms with Crippen LogP contribution in [0.25, 0.3) is 0 Å². The minimum Gasteiger partial charge on any atom is -0.394 e. The van der Waals surface area contributed by atoms with E-state index in [1.165, 1.54) is 17.9 Å². The molecule has 3 aromatic rings. The molecule has 0 radical (unpaired) electrons. The number of hydrogen-bond acceptors (Lipinski definition) is 6. The van der Waals surface area contributed by atoms with Gasteiger partial charge in [0, 0.05) is 6.54 Å². The van der Waals surface area contributed by atoms with Crippen molar-refractivity contribution < 1.29 is 40.9 Å². The lowest BCUT2D eigenvalue weighted by molar-refractivity contribution is -0.231. The van der Waals surface area contributed by atoms with Gasteiger partial charge in [0.05, 0.1) is 49.6 Å². The molecule has 2 heterocycles. The van der Waals surface area contributed by atoms with E-state index in [1.807, 2.05) is 23.1 Å². The predicted molar refractivity (Wildman–Crippen MR) is 122 cm³/mol. The van der Waals surface area contributed by atoms with E-state index in [4.69, 9.17) is 14.6 Å². The van der Waals surface area contributed by atoms with Crippen molar-refractivity contribution in [1.29, 1.82) is 0 Å². The van der Waals surface area contributed by atoms with Crippen LogP contribution in [0.3, 0.4) is 0 Å². The molecule has 206 valence electrons. The number of morpholine rings is 1. The van der Waals surface area contributed by atoms with Crippen molar-refractivity contribution in [2.45, 2.75) is 50.8 Å². The first-order valence-electron chi connectivity index (χ1n) is 11.8. The van der Waals surface area contributed by atoms with Gasteiger partial charge in [0.15, 0.2) is 12.1 Å². The molecule has 0 spiro atoms. The Morgan fingerprint density at radius 2 is 1.71 bits per heavy atom. The second-order valence-electron chi connectivity index (χ2n) is 8.83. The van der Waals surface area contributed by atoms with E-state index in [2.05, 4.69) is 10.1 Å². The second kappa shape index (κ2) is 11.4. The lowest BCUT2D eigenvalue weighted by Crippen LogP contribution is -2.46. The van der Waals surface area contributed by atoms with E-state index >= 15 is 0 Å². The number of halogens is 6. The van der Waals surface area contributed by atoms with Crippen molar-refractivity contribution in [2.75, 3.05) is 19.8 Å². The predicted octanol–water partition coefficient (Wildman–Crippen LogP) is 4.99. The summed E-state index contributed by atoms with van der Waals surface area (Å²) in [4.78, 5) is 6.23. The average molecular weight is 544 g/mol. The smallest absolute Gasteiger partial charge is 0.394 e. The first-order valence-corrected chi connectivity index (χ1v) is 11.8. The van der Waals surface area contributed by atoms with Crippen LogP contribution >= 0.6 is 0 Å². The molecule has 0 unspecified atom stereocenters. The summed E-state index contributed by atoms with van der Waals surface area (Å²) in [6, 6.07) is 9.95. The summed E-state index contributed by atoms with van der Waals surface area (Å²) < 4.78 is 93.7. The number of nitrogens with zero attached hydrogens (tertiary/aromatic N) is 4. The maximum absolute atomic E-state index is 13.4. The van der Waals surface area contributed by atoms with Gasteiger partial charge >= 0.3 is 12.4 Å². The van der Waals surface area contributed by atoms with Crippen LogP contribution in [0.2, 0.25) is 0 Å². The van der Waals surface area contributed by atoms with Crippen LogP contribution < -0.4 is 0 Å². The summed E-state index contributed by atoms with van der Waals surface area (Å²) in [5.74, 6) is 0.473. The highest BCUT2D eigenvalue weighted by atomic mass is 19.4. The Labute approximate surface area is 214 Å². The van der Waals surface area contributed by atoms with Crippen molar-refractivity contribution in [3.8, 4) is 0 Å². The van der Waals surface area contributed by atoms with E-state index in [9.17, 15) is 26.3 Å². The van der Waals surface area contributed by atoms with Crippen LogP contribution in [-0.4, -0.2) is 50.8 Å². The zero-order valence-electron chi connectivity index (χ0n) is 20.3. The largest absolute Gasteiger partial charge is 0.416 e. The Morgan fingerprint density at radius 1 is 1.05 bits per heavy atom. The molecule has 0 amide bonds. The van der Waals surface area contributed by atoms with E-state index in [0.29, 0.717) is 24.5 Å². The third-order valence-corrected chi connectivity index (χ3v) is 6.13. The van der Waals surface area contributed by atoms with Gasteiger partial charge < -0.3 is 14.6 Å². The molecule has 2 aromatic carbocycles. The zero-order valence-corrected chi connectivity index (χ0v) is 20.3. The Morgan fingerprint density at radius 3 is 2.32 bits per heavy atom. The quantitative estimate of drug-likeness (QED) is 0.403. The lowest BCUT2D eigenvalue weighted by atomic mass is 10.0. The maximum Gasteiger partial charge on any atom is 0.416 e. The normalized spacial score (nSPS) is 20.0. The van der Waals surface area contributed by atoms with Gasteiger partial charge in [-0.1, -0.05) is 30.3 Å². The molecule has 3 atom stereocenters. The molecule has 0 saturated carbocycles. The molecule has 1 saturated heterocycles. The molecule has 38 heavy (non-hydrogen) atoms. The highest BCUT2D eigenvalue weighted by Gasteiger charge is 2.39. The lowest BCUT2D eigenvalue weighted by Gasteiger charge is -2.41. The van der Waals surface area contributed by atoms with Crippen LogP contribution in [-0.2, 0) is 34.9 Å². The summed E-state index contributed by atoms with van der Waals surface area (Å²) in [6.07, 6.45) is -10.6. The standard InChI is InChI=1S/C25H26F6N4O3/c1-16(18-11-19(24(26,27)28)13-20(12-18)25(29,30)31)38-23-22(17-5-3-2-4-6-17)34(8-10-37-23)14-21-32-15-35(33-21)7-9-36/h2-6,11-13,15-16,22-23,36H,7-10,14H2,1H3/t16-,22+,23-/m1/s1. The molecule has 0 aliphatic carbocycles. The van der Waals surface area contributed by atoms with Gasteiger partial charge in [-0.3, -0.25) is 9.58 Å². The van der Waals surface area contributed by atoms with E-state index in [1.54, 1.807) is 12.1 Å². The van der Waals surface area contributed by atoms with Crippen LogP contribution in [0.1, 0.15) is 47.1 Å². The van der Waals surface area contributed by atoms with Crippen molar-refractivity contribution in [3.05, 3.63) is 82.9 Å². The second-order valence-corrected chi connectivity index (χ2v) is 8.83. The number of aliphatic hydroxyl groups excluding tert-OH is 1. The molecule has 7 nitrogen and oxygen atoms in total. The van der Waals surface area contributed by atoms with Gasteiger partial charge in [0.2, 0.25) is 0 Å². The zero-order chi connectivity index (χ0) is 27.5. The van der Waals surface area contributed by atoms with Crippen molar-refractivity contribution in [1.82, 2.24) is 19.7 Å². The molecule has 4 rings (SSSR count). The summed E-state index contributed by atoms with van der Waals surface area (Å²) in [6.45, 7) is 2.48. The number of benzene rings is 2. The van der Waals surface area contributed by atoms with E-state index < -0.39 is 41.9 Å².